The van der Waals surface area contributed by atoms with E-state index >= 15 is 0 Å². The molecule has 0 N–H and O–H groups in total. The molecule has 2 aromatic rings. The second-order valence-electron chi connectivity index (χ2n) is 9.45. The third-order valence-electron chi connectivity index (χ3n) is 7.26. The van der Waals surface area contributed by atoms with Crippen molar-refractivity contribution < 1.29 is 0 Å². The molecular weight excluding hydrogens is 366 g/mol. The van der Waals surface area contributed by atoms with Crippen molar-refractivity contribution in [2.75, 3.05) is 18.0 Å². The lowest BCUT2D eigenvalue weighted by atomic mass is 9.66. The van der Waals surface area contributed by atoms with Gasteiger partial charge in [-0.05, 0) is 67.3 Å². The largest absolute Gasteiger partial charge is 0.371 e. The van der Waals surface area contributed by atoms with Crippen LogP contribution in [0.3, 0.4) is 0 Å². The Labute approximate surface area is 184 Å². The summed E-state index contributed by atoms with van der Waals surface area (Å²) in [7, 11) is 0. The first-order valence-corrected chi connectivity index (χ1v) is 12.3. The van der Waals surface area contributed by atoms with E-state index in [2.05, 4.69) is 59.9 Å². The number of hydrogen-bond donors (Lipinski definition) is 0. The maximum atomic E-state index is 4.37. The molecule has 1 aliphatic rings. The Morgan fingerprint density at radius 3 is 1.97 bits per heavy atom. The summed E-state index contributed by atoms with van der Waals surface area (Å²) in [5.41, 5.74) is 2.94. The third-order valence-corrected chi connectivity index (χ3v) is 7.26. The minimum Gasteiger partial charge on any atom is -0.371 e. The van der Waals surface area contributed by atoms with Crippen LogP contribution < -0.4 is 4.90 Å². The van der Waals surface area contributed by atoms with Crippen LogP contribution in [0.15, 0.2) is 42.7 Å². The molecule has 0 spiro atoms. The first-order chi connectivity index (χ1) is 14.7. The van der Waals surface area contributed by atoms with Gasteiger partial charge in [-0.1, -0.05) is 59.3 Å². The van der Waals surface area contributed by atoms with E-state index in [1.807, 2.05) is 6.07 Å². The van der Waals surface area contributed by atoms with Crippen molar-refractivity contribution in [2.45, 2.75) is 85.0 Å². The minimum atomic E-state index is 0.510. The van der Waals surface area contributed by atoms with Gasteiger partial charge in [0.2, 0.25) is 0 Å². The fourth-order valence-corrected chi connectivity index (χ4v) is 5.08. The van der Waals surface area contributed by atoms with E-state index < -0.39 is 0 Å². The summed E-state index contributed by atoms with van der Waals surface area (Å²) >= 11 is 0. The molecule has 1 saturated heterocycles. The van der Waals surface area contributed by atoms with Gasteiger partial charge in [0, 0.05) is 36.7 Å². The van der Waals surface area contributed by atoms with Crippen LogP contribution in [-0.4, -0.2) is 23.1 Å². The summed E-state index contributed by atoms with van der Waals surface area (Å²) in [6.45, 7) is 9.58. The number of anilines is 1. The van der Waals surface area contributed by atoms with Crippen molar-refractivity contribution in [1.82, 2.24) is 9.97 Å². The Morgan fingerprint density at radius 2 is 1.43 bits per heavy atom. The van der Waals surface area contributed by atoms with E-state index in [0.717, 1.165) is 17.3 Å². The number of piperidine rings is 1. The first kappa shape index (κ1) is 22.8. The van der Waals surface area contributed by atoms with Crippen LogP contribution in [0.5, 0.6) is 0 Å². The van der Waals surface area contributed by atoms with E-state index in [-0.39, 0.29) is 0 Å². The van der Waals surface area contributed by atoms with Gasteiger partial charge in [-0.3, -0.25) is 0 Å². The van der Waals surface area contributed by atoms with Crippen LogP contribution in [0.2, 0.25) is 0 Å². The second kappa shape index (κ2) is 11.5. The lowest BCUT2D eigenvalue weighted by Gasteiger charge is -2.45. The maximum absolute atomic E-state index is 4.37. The maximum Gasteiger partial charge on any atom is 0.159 e. The van der Waals surface area contributed by atoms with Crippen molar-refractivity contribution in [3.05, 3.63) is 42.7 Å². The van der Waals surface area contributed by atoms with Gasteiger partial charge in [0.15, 0.2) is 5.82 Å². The Kier molecular flexibility index (Phi) is 8.72. The molecule has 1 aliphatic heterocycles. The summed E-state index contributed by atoms with van der Waals surface area (Å²) < 4.78 is 0. The van der Waals surface area contributed by atoms with Crippen LogP contribution >= 0.6 is 0 Å². The summed E-state index contributed by atoms with van der Waals surface area (Å²) in [6.07, 6.45) is 17.4. The van der Waals surface area contributed by atoms with E-state index in [4.69, 9.17) is 0 Å². The molecule has 0 atom stereocenters. The zero-order valence-corrected chi connectivity index (χ0v) is 19.4. The van der Waals surface area contributed by atoms with E-state index in [0.29, 0.717) is 5.41 Å². The number of hydrogen-bond acceptors (Lipinski definition) is 3. The fourth-order valence-electron chi connectivity index (χ4n) is 5.08. The normalized spacial score (nSPS) is 16.2. The SMILES string of the molecule is CCCCCC(CCCCC)C1(C)CCN(c2ccc(-c3ncccn3)cc2)CC1. The average Bonchev–Trinajstić information content (AvgIpc) is 2.79. The van der Waals surface area contributed by atoms with E-state index in [1.165, 1.54) is 83.0 Å². The smallest absolute Gasteiger partial charge is 0.159 e. The van der Waals surface area contributed by atoms with Crippen molar-refractivity contribution in [2.24, 2.45) is 11.3 Å². The van der Waals surface area contributed by atoms with Gasteiger partial charge in [-0.2, -0.15) is 0 Å². The van der Waals surface area contributed by atoms with Crippen LogP contribution in [0.1, 0.15) is 85.0 Å². The third kappa shape index (κ3) is 6.06. The Bertz CT molecular complexity index is 708. The van der Waals surface area contributed by atoms with Crippen LogP contribution in [-0.2, 0) is 0 Å². The van der Waals surface area contributed by atoms with Crippen LogP contribution in [0.4, 0.5) is 5.69 Å². The molecule has 0 bridgehead atoms. The minimum absolute atomic E-state index is 0.510. The van der Waals surface area contributed by atoms with Crippen molar-refractivity contribution >= 4 is 5.69 Å². The topological polar surface area (TPSA) is 29.0 Å². The molecule has 3 rings (SSSR count). The van der Waals surface area contributed by atoms with Gasteiger partial charge in [0.1, 0.15) is 0 Å². The molecule has 0 amide bonds. The fraction of sp³-hybridized carbons (Fsp3) is 0.630. The van der Waals surface area contributed by atoms with Gasteiger partial charge >= 0.3 is 0 Å². The average molecular weight is 408 g/mol. The standard InChI is InChI=1S/C27H41N3/c1-4-6-8-11-24(12-9-7-5-2)27(3)17-21-30(22-18-27)25-15-13-23(14-16-25)26-28-19-10-20-29-26/h10,13-16,19-20,24H,4-9,11-12,17-18,21-22H2,1-3H3. The highest BCUT2D eigenvalue weighted by Gasteiger charge is 2.36. The summed E-state index contributed by atoms with van der Waals surface area (Å²) in [5.74, 6) is 1.70. The van der Waals surface area contributed by atoms with Gasteiger partial charge < -0.3 is 4.90 Å². The zero-order chi connectivity index (χ0) is 21.2. The predicted octanol–water partition coefficient (Wildman–Crippen LogP) is 7.53. The summed E-state index contributed by atoms with van der Waals surface area (Å²) in [4.78, 5) is 11.3. The highest BCUT2D eigenvalue weighted by atomic mass is 15.1. The van der Waals surface area contributed by atoms with Crippen molar-refractivity contribution in [3.8, 4) is 11.4 Å². The molecule has 3 nitrogen and oxygen atoms in total. The highest BCUT2D eigenvalue weighted by molar-refractivity contribution is 5.60. The van der Waals surface area contributed by atoms with Crippen molar-refractivity contribution in [3.63, 3.8) is 0 Å². The lowest BCUT2D eigenvalue weighted by molar-refractivity contribution is 0.117. The predicted molar refractivity (Wildman–Crippen MR) is 129 cm³/mol. The number of aromatic nitrogens is 2. The number of benzene rings is 1. The molecule has 0 saturated carbocycles. The lowest BCUT2D eigenvalue weighted by Crippen LogP contribution is -2.42. The number of rotatable bonds is 11. The molecule has 30 heavy (non-hydrogen) atoms. The van der Waals surface area contributed by atoms with Crippen LogP contribution in [0.25, 0.3) is 11.4 Å². The number of nitrogens with zero attached hydrogens (tertiary/aromatic N) is 3. The summed E-state index contributed by atoms with van der Waals surface area (Å²) in [6, 6.07) is 10.7. The molecule has 0 aliphatic carbocycles. The van der Waals surface area contributed by atoms with Crippen LogP contribution in [0, 0.1) is 11.3 Å². The molecule has 1 fully saturated rings. The van der Waals surface area contributed by atoms with Gasteiger partial charge in [0.25, 0.3) is 0 Å². The molecule has 2 heterocycles. The van der Waals surface area contributed by atoms with Crippen molar-refractivity contribution in [1.29, 1.82) is 0 Å². The van der Waals surface area contributed by atoms with E-state index in [9.17, 15) is 0 Å². The molecule has 3 heteroatoms. The van der Waals surface area contributed by atoms with Gasteiger partial charge in [-0.15, -0.1) is 0 Å². The molecule has 164 valence electrons. The zero-order valence-electron chi connectivity index (χ0n) is 19.4. The monoisotopic (exact) mass is 407 g/mol. The molecule has 0 unspecified atom stereocenters. The van der Waals surface area contributed by atoms with Gasteiger partial charge in [0.05, 0.1) is 0 Å². The summed E-state index contributed by atoms with van der Waals surface area (Å²) in [5, 5.41) is 0. The molecule has 0 radical (unpaired) electrons. The van der Waals surface area contributed by atoms with E-state index in [1.54, 1.807) is 12.4 Å². The second-order valence-corrected chi connectivity index (χ2v) is 9.45. The Hall–Kier alpha value is -1.90. The highest BCUT2D eigenvalue weighted by Crippen LogP contribution is 2.44. The number of unbranched alkanes of at least 4 members (excludes halogenated alkanes) is 4. The Balaban J connectivity index is 1.59. The molecular formula is C27H41N3. The molecule has 1 aromatic carbocycles. The Morgan fingerprint density at radius 1 is 0.867 bits per heavy atom. The quantitative estimate of drug-likeness (QED) is 0.360. The van der Waals surface area contributed by atoms with Gasteiger partial charge in [-0.25, -0.2) is 9.97 Å². The molecule has 1 aromatic heterocycles. The first-order valence-electron chi connectivity index (χ1n) is 12.3.